The first-order valence-electron chi connectivity index (χ1n) is 12.3. The number of amides is 3. The third-order valence-corrected chi connectivity index (χ3v) is 7.18. The molecule has 1 heterocycles. The third kappa shape index (κ3) is 5.74. The number of hydrogen-bond donors (Lipinski definition) is 2. The van der Waals surface area contributed by atoms with Crippen molar-refractivity contribution in [1.82, 2.24) is 0 Å². The van der Waals surface area contributed by atoms with Gasteiger partial charge in [-0.15, -0.1) is 0 Å². The van der Waals surface area contributed by atoms with E-state index in [1.807, 2.05) is 31.2 Å². The highest BCUT2D eigenvalue weighted by atomic mass is 32.2. The second kappa shape index (κ2) is 11.5. The summed E-state index contributed by atoms with van der Waals surface area (Å²) in [6.07, 6.45) is 0. The summed E-state index contributed by atoms with van der Waals surface area (Å²) in [6.45, 7) is 1.96. The fourth-order valence-electron chi connectivity index (χ4n) is 4.02. The number of aryl methyl sites for hydroxylation is 1. The second-order valence-electron chi connectivity index (χ2n) is 8.93. The van der Waals surface area contributed by atoms with E-state index in [0.717, 1.165) is 22.2 Å². The van der Waals surface area contributed by atoms with Gasteiger partial charge in [-0.1, -0.05) is 35.5 Å². The maximum atomic E-state index is 13.7. The number of carbonyl (C=O) groups is 3. The van der Waals surface area contributed by atoms with Crippen LogP contribution >= 0.6 is 11.8 Å². The summed E-state index contributed by atoms with van der Waals surface area (Å²) in [4.78, 5) is 41.8. The van der Waals surface area contributed by atoms with Crippen molar-refractivity contribution < 1.29 is 23.5 Å². The molecule has 2 N–H and O–H groups in total. The van der Waals surface area contributed by atoms with Crippen LogP contribution in [0, 0.1) is 12.7 Å². The van der Waals surface area contributed by atoms with Gasteiger partial charge in [-0.05, 0) is 85.8 Å². The lowest BCUT2D eigenvalue weighted by Gasteiger charge is -2.15. The van der Waals surface area contributed by atoms with Gasteiger partial charge in [0.2, 0.25) is 0 Å². The zero-order valence-electron chi connectivity index (χ0n) is 21.6. The number of thioether (sulfide) groups is 1. The molecule has 0 atom stereocenters. The Morgan fingerprint density at radius 1 is 0.850 bits per heavy atom. The molecule has 0 spiro atoms. The molecule has 4 aromatic rings. The van der Waals surface area contributed by atoms with Crippen LogP contribution in [0.2, 0.25) is 0 Å². The molecule has 4 aromatic carbocycles. The summed E-state index contributed by atoms with van der Waals surface area (Å²) in [7, 11) is 1.54. The summed E-state index contributed by atoms with van der Waals surface area (Å²) >= 11 is 1.12. The van der Waals surface area contributed by atoms with Crippen LogP contribution < -0.4 is 20.3 Å². The lowest BCUT2D eigenvalue weighted by Crippen LogP contribution is -2.32. The number of nitrogens with zero attached hydrogens (tertiary/aromatic N) is 1. The van der Waals surface area contributed by atoms with Crippen LogP contribution in [0.5, 0.6) is 5.75 Å². The van der Waals surface area contributed by atoms with E-state index < -0.39 is 23.5 Å². The topological polar surface area (TPSA) is 87.7 Å². The van der Waals surface area contributed by atoms with Gasteiger partial charge in [0.05, 0.1) is 12.8 Å². The quantitative estimate of drug-likeness (QED) is 0.246. The lowest BCUT2D eigenvalue weighted by atomic mass is 10.2. The Morgan fingerprint density at radius 3 is 2.23 bits per heavy atom. The number of rotatable bonds is 8. The molecular weight excluding hydrogens is 529 g/mol. The molecule has 200 valence electrons. The Balaban J connectivity index is 1.44. The van der Waals surface area contributed by atoms with Crippen LogP contribution in [-0.2, 0) is 9.59 Å². The van der Waals surface area contributed by atoms with E-state index in [2.05, 4.69) is 10.6 Å². The van der Waals surface area contributed by atoms with E-state index >= 15 is 0 Å². The van der Waals surface area contributed by atoms with Crippen molar-refractivity contribution in [2.45, 2.75) is 11.8 Å². The van der Waals surface area contributed by atoms with Gasteiger partial charge < -0.3 is 15.4 Å². The van der Waals surface area contributed by atoms with E-state index in [4.69, 9.17) is 4.74 Å². The number of hydrogen-bond acceptors (Lipinski definition) is 6. The van der Waals surface area contributed by atoms with Gasteiger partial charge in [-0.2, -0.15) is 0 Å². The summed E-state index contributed by atoms with van der Waals surface area (Å²) in [6, 6.07) is 26.3. The maximum Gasteiger partial charge on any atom is 0.283 e. The number of anilines is 3. The van der Waals surface area contributed by atoms with E-state index in [-0.39, 0.29) is 10.6 Å². The van der Waals surface area contributed by atoms with Crippen LogP contribution in [0.15, 0.2) is 113 Å². The van der Waals surface area contributed by atoms with Gasteiger partial charge in [0.25, 0.3) is 17.7 Å². The molecule has 0 unspecified atom stereocenters. The molecule has 1 aliphatic rings. The van der Waals surface area contributed by atoms with E-state index in [1.165, 1.54) is 31.4 Å². The first kappa shape index (κ1) is 26.7. The summed E-state index contributed by atoms with van der Waals surface area (Å²) in [5.41, 5.74) is 3.07. The fourth-order valence-corrected chi connectivity index (χ4v) is 5.01. The van der Waals surface area contributed by atoms with E-state index in [1.54, 1.807) is 48.5 Å². The molecule has 0 bridgehead atoms. The molecular formula is C31H24FN3O4S. The Kier molecular flexibility index (Phi) is 7.65. The summed E-state index contributed by atoms with van der Waals surface area (Å²) < 4.78 is 18.4. The van der Waals surface area contributed by atoms with Crippen molar-refractivity contribution in [1.29, 1.82) is 0 Å². The maximum absolute atomic E-state index is 13.7. The Morgan fingerprint density at radius 2 is 1.55 bits per heavy atom. The standard InChI is InChI=1S/C31H24FN3O4S/c1-19-6-12-22(13-7-19)33-27-28(31(38)35(30(27)37)24-14-16-25(39-2)17-15-24)40-26-5-3-4-23(18-26)34-29(36)20-8-10-21(32)11-9-20/h3-18,33H,1-2H3,(H,34,36). The predicted molar refractivity (Wildman–Crippen MR) is 154 cm³/mol. The highest BCUT2D eigenvalue weighted by Gasteiger charge is 2.40. The minimum atomic E-state index is -0.487. The molecule has 0 saturated heterocycles. The smallest absolute Gasteiger partial charge is 0.283 e. The molecule has 40 heavy (non-hydrogen) atoms. The third-order valence-electron chi connectivity index (χ3n) is 6.11. The van der Waals surface area contributed by atoms with Crippen molar-refractivity contribution in [3.63, 3.8) is 0 Å². The molecule has 0 aliphatic carbocycles. The van der Waals surface area contributed by atoms with Crippen molar-refractivity contribution in [3.8, 4) is 5.75 Å². The first-order valence-corrected chi connectivity index (χ1v) is 13.1. The summed E-state index contributed by atoms with van der Waals surface area (Å²) in [5, 5.41) is 5.92. The molecule has 7 nitrogen and oxygen atoms in total. The number of carbonyl (C=O) groups excluding carboxylic acids is 3. The highest BCUT2D eigenvalue weighted by Crippen LogP contribution is 2.39. The van der Waals surface area contributed by atoms with Gasteiger partial charge >= 0.3 is 0 Å². The average molecular weight is 554 g/mol. The number of imide groups is 1. The van der Waals surface area contributed by atoms with Crippen LogP contribution in [0.25, 0.3) is 0 Å². The largest absolute Gasteiger partial charge is 0.497 e. The number of benzene rings is 4. The fraction of sp³-hybridized carbons (Fsp3) is 0.0645. The van der Waals surface area contributed by atoms with Crippen molar-refractivity contribution in [2.24, 2.45) is 0 Å². The lowest BCUT2D eigenvalue weighted by molar-refractivity contribution is -0.120. The molecule has 0 fully saturated rings. The monoisotopic (exact) mass is 553 g/mol. The number of methoxy groups -OCH3 is 1. The number of nitrogens with one attached hydrogen (secondary N) is 2. The van der Waals surface area contributed by atoms with Crippen LogP contribution in [-0.4, -0.2) is 24.8 Å². The van der Waals surface area contributed by atoms with Gasteiger partial charge in [0.1, 0.15) is 22.2 Å². The van der Waals surface area contributed by atoms with Crippen LogP contribution in [0.1, 0.15) is 15.9 Å². The average Bonchev–Trinajstić information content (AvgIpc) is 3.18. The minimum Gasteiger partial charge on any atom is -0.497 e. The molecule has 0 aromatic heterocycles. The summed E-state index contributed by atoms with van der Waals surface area (Å²) in [5.74, 6) is -1.20. The minimum absolute atomic E-state index is 0.149. The molecule has 0 saturated carbocycles. The Hall–Kier alpha value is -4.89. The molecule has 9 heteroatoms. The van der Waals surface area contributed by atoms with Crippen molar-refractivity contribution in [2.75, 3.05) is 22.6 Å². The van der Waals surface area contributed by atoms with Crippen LogP contribution in [0.3, 0.4) is 0 Å². The highest BCUT2D eigenvalue weighted by molar-refractivity contribution is 8.04. The SMILES string of the molecule is COc1ccc(N2C(=O)C(Nc3ccc(C)cc3)=C(Sc3cccc(NC(=O)c4ccc(F)cc4)c3)C2=O)cc1. The Labute approximate surface area is 234 Å². The normalized spacial score (nSPS) is 13.0. The van der Waals surface area contributed by atoms with Gasteiger partial charge in [-0.25, -0.2) is 9.29 Å². The van der Waals surface area contributed by atoms with Crippen molar-refractivity contribution >= 4 is 46.5 Å². The first-order chi connectivity index (χ1) is 19.3. The molecule has 1 aliphatic heterocycles. The number of ether oxygens (including phenoxy) is 1. The van der Waals surface area contributed by atoms with E-state index in [0.29, 0.717) is 33.3 Å². The second-order valence-corrected chi connectivity index (χ2v) is 10.0. The van der Waals surface area contributed by atoms with Gasteiger partial charge in [-0.3, -0.25) is 14.4 Å². The number of halogens is 1. The van der Waals surface area contributed by atoms with Gasteiger partial charge in [0, 0.05) is 21.8 Å². The molecule has 3 amide bonds. The molecule has 5 rings (SSSR count). The van der Waals surface area contributed by atoms with Crippen LogP contribution in [0.4, 0.5) is 21.5 Å². The van der Waals surface area contributed by atoms with Gasteiger partial charge in [0.15, 0.2) is 0 Å². The van der Waals surface area contributed by atoms with Crippen molar-refractivity contribution in [3.05, 3.63) is 125 Å². The predicted octanol–water partition coefficient (Wildman–Crippen LogP) is 6.38. The Bertz CT molecular complexity index is 1620. The zero-order chi connectivity index (χ0) is 28.2. The zero-order valence-corrected chi connectivity index (χ0v) is 22.4. The van der Waals surface area contributed by atoms with E-state index in [9.17, 15) is 18.8 Å². The molecule has 0 radical (unpaired) electrons.